The second-order valence-electron chi connectivity index (χ2n) is 10.1. The van der Waals surface area contributed by atoms with Gasteiger partial charge in [0, 0.05) is 12.0 Å². The van der Waals surface area contributed by atoms with Crippen molar-refractivity contribution >= 4 is 17.9 Å². The Morgan fingerprint density at radius 3 is 1.88 bits per heavy atom. The fraction of sp³-hybridized carbons (Fsp3) is 0.741. The van der Waals surface area contributed by atoms with E-state index in [1.54, 1.807) is 6.92 Å². The molecule has 2 atom stereocenters. The van der Waals surface area contributed by atoms with Crippen molar-refractivity contribution in [3.05, 3.63) is 24.3 Å². The standard InChI is InChI=1S/C27H42O7/c1-17(2)19(5)34-24(16-33-26(30)18(3)4)14-15-32-27(31)23-12-8-21(9-13-23)20-6-10-22(11-7-20)25(28)29/h19-24H,1,3,6-16H2,2,4-5H3,(H,28,29). The lowest BCUT2D eigenvalue weighted by molar-refractivity contribution is -0.153. The van der Waals surface area contributed by atoms with Gasteiger partial charge in [-0.05, 0) is 84.0 Å². The molecule has 1 N–H and O–H groups in total. The van der Waals surface area contributed by atoms with Crippen molar-refractivity contribution < 1.29 is 33.7 Å². The van der Waals surface area contributed by atoms with Gasteiger partial charge in [0.1, 0.15) is 6.61 Å². The fourth-order valence-electron chi connectivity index (χ4n) is 4.96. The molecule has 0 bridgehead atoms. The van der Waals surface area contributed by atoms with E-state index < -0.39 is 18.0 Å². The maximum Gasteiger partial charge on any atom is 0.333 e. The maximum absolute atomic E-state index is 12.6. The third-order valence-electron chi connectivity index (χ3n) is 7.42. The number of carboxylic acid groups (broad SMARTS) is 1. The average Bonchev–Trinajstić information content (AvgIpc) is 2.81. The summed E-state index contributed by atoms with van der Waals surface area (Å²) in [7, 11) is 0. The molecule has 2 fully saturated rings. The molecule has 2 rings (SSSR count). The van der Waals surface area contributed by atoms with Crippen molar-refractivity contribution in [3.63, 3.8) is 0 Å². The normalized spacial score (nSPS) is 26.7. The van der Waals surface area contributed by atoms with Crippen LogP contribution in [0.1, 0.15) is 78.6 Å². The molecule has 2 saturated carbocycles. The van der Waals surface area contributed by atoms with Gasteiger partial charge in [-0.25, -0.2) is 4.79 Å². The Morgan fingerprint density at radius 1 is 0.882 bits per heavy atom. The number of ether oxygens (including phenoxy) is 3. The van der Waals surface area contributed by atoms with Gasteiger partial charge in [0.25, 0.3) is 0 Å². The Bertz CT molecular complexity index is 727. The highest BCUT2D eigenvalue weighted by Gasteiger charge is 2.34. The highest BCUT2D eigenvalue weighted by atomic mass is 16.6. The molecule has 0 spiro atoms. The quantitative estimate of drug-likeness (QED) is 0.237. The van der Waals surface area contributed by atoms with Crippen molar-refractivity contribution in [1.29, 1.82) is 0 Å². The Labute approximate surface area is 203 Å². The number of esters is 2. The Kier molecular flexibility index (Phi) is 11.3. The Hall–Kier alpha value is -2.15. The predicted molar refractivity (Wildman–Crippen MR) is 129 cm³/mol. The van der Waals surface area contributed by atoms with E-state index in [-0.39, 0.29) is 37.1 Å². The molecule has 0 amide bonds. The van der Waals surface area contributed by atoms with Crippen LogP contribution in [0, 0.1) is 23.7 Å². The summed E-state index contributed by atoms with van der Waals surface area (Å²) in [4.78, 5) is 35.5. The Morgan fingerprint density at radius 2 is 1.41 bits per heavy atom. The number of carboxylic acids is 1. The van der Waals surface area contributed by atoms with Gasteiger partial charge >= 0.3 is 17.9 Å². The summed E-state index contributed by atoms with van der Waals surface area (Å²) in [5.41, 5.74) is 1.19. The lowest BCUT2D eigenvalue weighted by Crippen LogP contribution is -2.31. The molecule has 0 aromatic carbocycles. The molecule has 0 radical (unpaired) electrons. The zero-order valence-electron chi connectivity index (χ0n) is 21.1. The number of carbonyl (C=O) groups is 3. The fourth-order valence-corrected chi connectivity index (χ4v) is 4.96. The van der Waals surface area contributed by atoms with Crippen LogP contribution in [0.5, 0.6) is 0 Å². The minimum Gasteiger partial charge on any atom is -0.481 e. The summed E-state index contributed by atoms with van der Waals surface area (Å²) < 4.78 is 16.7. The van der Waals surface area contributed by atoms with Gasteiger partial charge in [-0.2, -0.15) is 0 Å². The van der Waals surface area contributed by atoms with E-state index in [0.29, 0.717) is 23.8 Å². The van der Waals surface area contributed by atoms with Crippen LogP contribution in [0.2, 0.25) is 0 Å². The Balaban J connectivity index is 1.73. The van der Waals surface area contributed by atoms with E-state index in [0.717, 1.165) is 56.9 Å². The molecular formula is C27H42O7. The van der Waals surface area contributed by atoms with E-state index >= 15 is 0 Å². The van der Waals surface area contributed by atoms with E-state index in [1.807, 2.05) is 13.8 Å². The van der Waals surface area contributed by atoms with Crippen LogP contribution in [0.15, 0.2) is 24.3 Å². The van der Waals surface area contributed by atoms with E-state index in [4.69, 9.17) is 14.2 Å². The smallest absolute Gasteiger partial charge is 0.333 e. The summed E-state index contributed by atoms with van der Waals surface area (Å²) in [6.07, 6.45) is 6.98. The van der Waals surface area contributed by atoms with Gasteiger partial charge in [0.15, 0.2) is 0 Å². The van der Waals surface area contributed by atoms with Gasteiger partial charge in [-0.3, -0.25) is 9.59 Å². The molecule has 0 aliphatic heterocycles. The average molecular weight is 479 g/mol. The molecule has 7 nitrogen and oxygen atoms in total. The lowest BCUT2D eigenvalue weighted by Gasteiger charge is -2.36. The molecule has 2 aliphatic rings. The highest BCUT2D eigenvalue weighted by molar-refractivity contribution is 5.86. The molecule has 7 heteroatoms. The topological polar surface area (TPSA) is 99.1 Å². The van der Waals surface area contributed by atoms with Gasteiger partial charge in [-0.15, -0.1) is 0 Å². The van der Waals surface area contributed by atoms with Crippen molar-refractivity contribution in [2.75, 3.05) is 13.2 Å². The second kappa shape index (κ2) is 13.7. The number of aliphatic carboxylic acids is 1. The van der Waals surface area contributed by atoms with Crippen LogP contribution in [-0.2, 0) is 28.6 Å². The van der Waals surface area contributed by atoms with Crippen LogP contribution < -0.4 is 0 Å². The summed E-state index contributed by atoms with van der Waals surface area (Å²) in [6.45, 7) is 13.1. The van der Waals surface area contributed by atoms with Crippen molar-refractivity contribution in [1.82, 2.24) is 0 Å². The monoisotopic (exact) mass is 478 g/mol. The van der Waals surface area contributed by atoms with Gasteiger partial charge in [-0.1, -0.05) is 18.7 Å². The van der Waals surface area contributed by atoms with Crippen LogP contribution in [0.25, 0.3) is 0 Å². The molecule has 0 aromatic rings. The first-order valence-corrected chi connectivity index (χ1v) is 12.6. The zero-order chi connectivity index (χ0) is 25.3. The van der Waals surface area contributed by atoms with Gasteiger partial charge in [0.2, 0.25) is 0 Å². The lowest BCUT2D eigenvalue weighted by atomic mass is 9.69. The third kappa shape index (κ3) is 8.90. The van der Waals surface area contributed by atoms with E-state index in [2.05, 4.69) is 13.2 Å². The molecule has 192 valence electrons. The first kappa shape index (κ1) is 28.1. The van der Waals surface area contributed by atoms with Gasteiger partial charge < -0.3 is 19.3 Å². The number of hydrogen-bond donors (Lipinski definition) is 1. The summed E-state index contributed by atoms with van der Waals surface area (Å²) in [5, 5.41) is 9.19. The van der Waals surface area contributed by atoms with Crippen molar-refractivity contribution in [2.45, 2.75) is 90.8 Å². The van der Waals surface area contributed by atoms with Crippen LogP contribution in [0.4, 0.5) is 0 Å². The first-order valence-electron chi connectivity index (χ1n) is 12.6. The molecule has 0 saturated heterocycles. The second-order valence-corrected chi connectivity index (χ2v) is 10.1. The largest absolute Gasteiger partial charge is 0.481 e. The minimum absolute atomic E-state index is 0.0656. The molecule has 0 aromatic heterocycles. The predicted octanol–water partition coefficient (Wildman–Crippen LogP) is 5.09. The number of hydrogen-bond acceptors (Lipinski definition) is 6. The third-order valence-corrected chi connectivity index (χ3v) is 7.42. The zero-order valence-corrected chi connectivity index (χ0v) is 21.1. The van der Waals surface area contributed by atoms with E-state index in [9.17, 15) is 19.5 Å². The van der Waals surface area contributed by atoms with Gasteiger partial charge in [0.05, 0.1) is 30.7 Å². The summed E-state index contributed by atoms with van der Waals surface area (Å²) in [6, 6.07) is 0. The maximum atomic E-state index is 12.6. The molecular weight excluding hydrogens is 436 g/mol. The van der Waals surface area contributed by atoms with Crippen LogP contribution in [-0.4, -0.2) is 48.4 Å². The summed E-state index contributed by atoms with van der Waals surface area (Å²) in [5.74, 6) is -0.397. The molecule has 34 heavy (non-hydrogen) atoms. The summed E-state index contributed by atoms with van der Waals surface area (Å²) >= 11 is 0. The molecule has 2 unspecified atom stereocenters. The number of rotatable bonds is 12. The van der Waals surface area contributed by atoms with Crippen LogP contribution >= 0.6 is 0 Å². The van der Waals surface area contributed by atoms with Crippen molar-refractivity contribution in [3.8, 4) is 0 Å². The molecule has 0 heterocycles. The first-order chi connectivity index (χ1) is 16.1. The van der Waals surface area contributed by atoms with Crippen molar-refractivity contribution in [2.24, 2.45) is 23.7 Å². The molecule has 2 aliphatic carbocycles. The van der Waals surface area contributed by atoms with Crippen LogP contribution in [0.3, 0.4) is 0 Å². The highest BCUT2D eigenvalue weighted by Crippen LogP contribution is 2.41. The SMILES string of the molecule is C=C(C)C(=O)OCC(CCOC(=O)C1CCC(C2CCC(C(=O)O)CC2)CC1)OC(C)C(=C)C. The minimum atomic E-state index is -0.666. The number of carbonyl (C=O) groups excluding carboxylic acids is 2. The van der Waals surface area contributed by atoms with E-state index in [1.165, 1.54) is 0 Å².